The third-order valence-electron chi connectivity index (χ3n) is 5.26. The number of aromatic nitrogens is 1. The summed E-state index contributed by atoms with van der Waals surface area (Å²) in [4.78, 5) is 40.8. The number of nitrogens with one attached hydrogen (secondary N) is 1. The third-order valence-corrected chi connectivity index (χ3v) is 5.26. The molecule has 1 aliphatic heterocycles. The fourth-order valence-electron chi connectivity index (χ4n) is 4.00. The van der Waals surface area contributed by atoms with Crippen molar-refractivity contribution in [1.29, 1.82) is 0 Å². The summed E-state index contributed by atoms with van der Waals surface area (Å²) in [5.74, 6) is 0.170. The minimum absolute atomic E-state index is 0.0149. The summed E-state index contributed by atoms with van der Waals surface area (Å²) in [7, 11) is 0. The smallest absolute Gasteiger partial charge is 0.276 e. The van der Waals surface area contributed by atoms with E-state index in [2.05, 4.69) is 10.5 Å². The van der Waals surface area contributed by atoms with Crippen molar-refractivity contribution in [1.82, 2.24) is 20.3 Å². The predicted octanol–water partition coefficient (Wildman–Crippen LogP) is 0.962. The molecule has 3 amide bonds. The van der Waals surface area contributed by atoms with E-state index in [9.17, 15) is 14.4 Å². The van der Waals surface area contributed by atoms with Crippen LogP contribution in [0.4, 0.5) is 0 Å². The van der Waals surface area contributed by atoms with E-state index in [1.807, 2.05) is 4.90 Å². The van der Waals surface area contributed by atoms with Gasteiger partial charge in [0.2, 0.25) is 11.8 Å². The van der Waals surface area contributed by atoms with E-state index in [4.69, 9.17) is 4.52 Å². The fraction of sp³-hybridized carbons (Fsp3) is 0.667. The summed E-state index contributed by atoms with van der Waals surface area (Å²) >= 11 is 0. The Kier molecular flexibility index (Phi) is 5.58. The van der Waals surface area contributed by atoms with Crippen LogP contribution < -0.4 is 5.32 Å². The summed E-state index contributed by atoms with van der Waals surface area (Å²) in [6, 6.07) is 1.58. The topological polar surface area (TPSA) is 95.8 Å². The second-order valence-corrected chi connectivity index (χ2v) is 7.08. The fourth-order valence-corrected chi connectivity index (χ4v) is 4.00. The minimum atomic E-state index is -0.218. The predicted molar refractivity (Wildman–Crippen MR) is 93.3 cm³/mol. The summed E-state index contributed by atoms with van der Waals surface area (Å²) in [6.45, 7) is 5.14. The first-order valence-electron chi connectivity index (χ1n) is 9.25. The lowest BCUT2D eigenvalue weighted by Crippen LogP contribution is -2.46. The van der Waals surface area contributed by atoms with Crippen LogP contribution in [0.3, 0.4) is 0 Å². The molecule has 142 valence electrons. The molecule has 1 saturated heterocycles. The molecule has 0 spiro atoms. The molecule has 2 atom stereocenters. The van der Waals surface area contributed by atoms with Crippen molar-refractivity contribution in [3.05, 3.63) is 17.5 Å². The van der Waals surface area contributed by atoms with E-state index in [0.717, 1.165) is 19.3 Å². The highest BCUT2D eigenvalue weighted by atomic mass is 16.5. The van der Waals surface area contributed by atoms with Crippen molar-refractivity contribution in [3.63, 3.8) is 0 Å². The Balaban J connectivity index is 1.75. The average molecular weight is 362 g/mol. The molecule has 8 nitrogen and oxygen atoms in total. The van der Waals surface area contributed by atoms with Gasteiger partial charge in [0.05, 0.1) is 5.92 Å². The maximum atomic E-state index is 12.7. The van der Waals surface area contributed by atoms with E-state index in [0.29, 0.717) is 38.4 Å². The van der Waals surface area contributed by atoms with Crippen molar-refractivity contribution in [3.8, 4) is 0 Å². The maximum Gasteiger partial charge on any atom is 0.276 e. The van der Waals surface area contributed by atoms with E-state index in [1.165, 1.54) is 0 Å². The van der Waals surface area contributed by atoms with Gasteiger partial charge >= 0.3 is 0 Å². The van der Waals surface area contributed by atoms with E-state index < -0.39 is 0 Å². The van der Waals surface area contributed by atoms with E-state index in [-0.39, 0.29) is 35.4 Å². The van der Waals surface area contributed by atoms with Crippen molar-refractivity contribution in [2.75, 3.05) is 26.2 Å². The lowest BCUT2D eigenvalue weighted by molar-refractivity contribution is -0.134. The molecule has 8 heteroatoms. The van der Waals surface area contributed by atoms with Gasteiger partial charge in [-0.05, 0) is 26.2 Å². The average Bonchev–Trinajstić information content (AvgIpc) is 3.24. The number of fused-ring (bicyclic) bond motifs is 1. The van der Waals surface area contributed by atoms with Crippen LogP contribution in [0.2, 0.25) is 0 Å². The second-order valence-electron chi connectivity index (χ2n) is 7.08. The summed E-state index contributed by atoms with van der Waals surface area (Å²) in [5.41, 5.74) is 0.268. The zero-order valence-electron chi connectivity index (χ0n) is 15.4. The Morgan fingerprint density at radius 3 is 2.73 bits per heavy atom. The van der Waals surface area contributed by atoms with Gasteiger partial charge in [0, 0.05) is 45.2 Å². The zero-order valence-corrected chi connectivity index (χ0v) is 15.4. The third kappa shape index (κ3) is 3.89. The van der Waals surface area contributed by atoms with Crippen molar-refractivity contribution in [2.24, 2.45) is 5.92 Å². The van der Waals surface area contributed by atoms with Crippen LogP contribution in [-0.2, 0) is 9.59 Å². The molecule has 0 unspecified atom stereocenters. The molecule has 2 fully saturated rings. The number of amides is 3. The molecule has 0 radical (unpaired) electrons. The number of rotatable bonds is 1. The summed E-state index contributed by atoms with van der Waals surface area (Å²) in [6.07, 6.45) is 3.29. The number of nitrogens with zero attached hydrogens (tertiary/aromatic N) is 3. The number of carbonyl (C=O) groups excluding carboxylic acids is 3. The Morgan fingerprint density at radius 2 is 2.04 bits per heavy atom. The molecular formula is C18H26N4O4. The highest BCUT2D eigenvalue weighted by molar-refractivity contribution is 5.92. The molecule has 26 heavy (non-hydrogen) atoms. The Labute approximate surface area is 152 Å². The lowest BCUT2D eigenvalue weighted by Gasteiger charge is -2.31. The van der Waals surface area contributed by atoms with Crippen LogP contribution >= 0.6 is 0 Å². The van der Waals surface area contributed by atoms with Gasteiger partial charge in [-0.25, -0.2) is 0 Å². The molecule has 1 saturated carbocycles. The number of hydrogen-bond acceptors (Lipinski definition) is 5. The van der Waals surface area contributed by atoms with Crippen LogP contribution in [0.1, 0.15) is 48.9 Å². The van der Waals surface area contributed by atoms with Gasteiger partial charge < -0.3 is 19.6 Å². The molecule has 1 aliphatic carbocycles. The molecule has 1 N–H and O–H groups in total. The van der Waals surface area contributed by atoms with Crippen molar-refractivity contribution < 1.29 is 18.9 Å². The first-order valence-corrected chi connectivity index (χ1v) is 9.25. The highest BCUT2D eigenvalue weighted by Gasteiger charge is 2.38. The molecule has 0 bridgehead atoms. The number of carbonyl (C=O) groups is 3. The Bertz CT molecular complexity index is 686. The van der Waals surface area contributed by atoms with Crippen LogP contribution in [-0.4, -0.2) is 64.9 Å². The van der Waals surface area contributed by atoms with Gasteiger partial charge in [0.15, 0.2) is 5.69 Å². The molecular weight excluding hydrogens is 336 g/mol. The van der Waals surface area contributed by atoms with Crippen LogP contribution in [0.5, 0.6) is 0 Å². The Morgan fingerprint density at radius 1 is 1.23 bits per heavy atom. The van der Waals surface area contributed by atoms with Crippen molar-refractivity contribution >= 4 is 17.7 Å². The van der Waals surface area contributed by atoms with Crippen LogP contribution in [0.25, 0.3) is 0 Å². The first-order chi connectivity index (χ1) is 12.5. The molecule has 3 rings (SSSR count). The van der Waals surface area contributed by atoms with Gasteiger partial charge in [-0.15, -0.1) is 0 Å². The molecule has 1 aromatic heterocycles. The Hall–Kier alpha value is -2.38. The number of hydrogen-bond donors (Lipinski definition) is 1. The first kappa shape index (κ1) is 18.4. The summed E-state index contributed by atoms with van der Waals surface area (Å²) < 4.78 is 4.99. The van der Waals surface area contributed by atoms with Crippen LogP contribution in [0, 0.1) is 12.8 Å². The van der Waals surface area contributed by atoms with Gasteiger partial charge in [0.25, 0.3) is 5.91 Å². The van der Waals surface area contributed by atoms with E-state index >= 15 is 0 Å². The van der Waals surface area contributed by atoms with Gasteiger partial charge in [-0.2, -0.15) is 0 Å². The quantitative estimate of drug-likeness (QED) is 0.803. The lowest BCUT2D eigenvalue weighted by atomic mass is 10.0. The maximum absolute atomic E-state index is 12.7. The van der Waals surface area contributed by atoms with Gasteiger partial charge in [-0.3, -0.25) is 14.4 Å². The monoisotopic (exact) mass is 362 g/mol. The van der Waals surface area contributed by atoms with Gasteiger partial charge in [-0.1, -0.05) is 11.6 Å². The molecule has 2 aliphatic rings. The number of aryl methyl sites for hydroxylation is 1. The normalized spacial score (nSPS) is 24.6. The van der Waals surface area contributed by atoms with Crippen LogP contribution in [0.15, 0.2) is 10.6 Å². The molecule has 1 aromatic rings. The zero-order chi connectivity index (χ0) is 18.7. The molecule has 0 aromatic carbocycles. The molecule has 2 heterocycles. The van der Waals surface area contributed by atoms with Crippen molar-refractivity contribution in [2.45, 2.75) is 45.6 Å². The highest BCUT2D eigenvalue weighted by Crippen LogP contribution is 2.30. The van der Waals surface area contributed by atoms with E-state index in [1.54, 1.807) is 24.8 Å². The van der Waals surface area contributed by atoms with Gasteiger partial charge in [0.1, 0.15) is 5.76 Å². The summed E-state index contributed by atoms with van der Waals surface area (Å²) in [5, 5.41) is 6.73. The largest absolute Gasteiger partial charge is 0.361 e. The second kappa shape index (κ2) is 7.88. The standard InChI is InChI=1S/C18H26N4O4/c1-12-11-15(20-26-12)18(25)21-8-4-9-22(13(2)23)16-6-3-5-14(16)17(24)19-7-10-21/h11,14,16H,3-10H2,1-2H3,(H,19,24)/t14-,16+/m1/s1. The SMILES string of the molecule is CC(=O)N1CCCN(C(=O)c2cc(C)on2)CCNC(=O)[C@@H]2CCC[C@@H]21. The minimum Gasteiger partial charge on any atom is -0.361 e.